The molecule has 0 saturated carbocycles. The van der Waals surface area contributed by atoms with Gasteiger partial charge in [0.25, 0.3) is 5.91 Å². The van der Waals surface area contributed by atoms with Crippen molar-refractivity contribution in [3.63, 3.8) is 0 Å². The van der Waals surface area contributed by atoms with Crippen LogP contribution in [-0.2, 0) is 11.8 Å². The minimum absolute atomic E-state index is 0.127. The van der Waals surface area contributed by atoms with E-state index >= 15 is 0 Å². The lowest BCUT2D eigenvalue weighted by Crippen LogP contribution is -2.36. The van der Waals surface area contributed by atoms with Crippen LogP contribution in [0.4, 0.5) is 5.69 Å². The predicted octanol–water partition coefficient (Wildman–Crippen LogP) is 2.51. The maximum absolute atomic E-state index is 12.8. The molecule has 2 aromatic carbocycles. The highest BCUT2D eigenvalue weighted by Gasteiger charge is 2.24. The Morgan fingerprint density at radius 2 is 1.79 bits per heavy atom. The fraction of sp³-hybridized carbons (Fsp3) is 0.348. The van der Waals surface area contributed by atoms with Gasteiger partial charge in [-0.25, -0.2) is 4.68 Å². The maximum Gasteiger partial charge on any atom is 0.251 e. The number of thioether (sulfide) groups is 1. The van der Waals surface area contributed by atoms with Crippen LogP contribution >= 0.6 is 11.8 Å². The molecule has 1 aromatic heterocycles. The van der Waals surface area contributed by atoms with Gasteiger partial charge in [0.2, 0.25) is 11.1 Å². The van der Waals surface area contributed by atoms with Gasteiger partial charge in [0.1, 0.15) is 0 Å². The quantitative estimate of drug-likeness (QED) is 0.468. The van der Waals surface area contributed by atoms with Crippen molar-refractivity contribution in [1.82, 2.24) is 30.4 Å². The van der Waals surface area contributed by atoms with Crippen LogP contribution in [0.25, 0.3) is 0 Å². The summed E-state index contributed by atoms with van der Waals surface area (Å²) in [5.41, 5.74) is 2.40. The third-order valence-corrected chi connectivity index (χ3v) is 6.58. The number of anilines is 1. The number of amides is 2. The third-order valence-electron chi connectivity index (χ3n) is 5.57. The lowest BCUT2D eigenvalue weighted by Gasteiger charge is -2.28. The second-order valence-corrected chi connectivity index (χ2v) is 8.82. The van der Waals surface area contributed by atoms with Gasteiger partial charge in [-0.3, -0.25) is 14.5 Å². The fourth-order valence-corrected chi connectivity index (χ4v) is 4.50. The number of rotatable bonds is 9. The second-order valence-electron chi connectivity index (χ2n) is 7.88. The molecule has 2 amide bonds. The number of nitrogens with one attached hydrogen (secondary N) is 2. The first kappa shape index (κ1) is 22.9. The number of nitrogens with zero attached hydrogens (tertiary/aromatic N) is 5. The van der Waals surface area contributed by atoms with Gasteiger partial charge in [0.05, 0.1) is 11.8 Å². The van der Waals surface area contributed by atoms with Gasteiger partial charge in [0, 0.05) is 24.8 Å². The van der Waals surface area contributed by atoms with Crippen molar-refractivity contribution < 1.29 is 9.59 Å². The van der Waals surface area contributed by atoms with Crippen molar-refractivity contribution in [3.8, 4) is 0 Å². The standard InChI is InChI=1S/C23H27N7O2S/c1-29-23(26-27-28-29)33-16-21(31)25-19-11-9-18(10-12-19)22(32)24-15-20(30-13-5-6-14-30)17-7-3-2-4-8-17/h2-4,7-12,20H,5-6,13-16H2,1H3,(H,24,32)(H,25,31). The topological polar surface area (TPSA) is 105 Å². The van der Waals surface area contributed by atoms with E-state index in [1.165, 1.54) is 34.8 Å². The smallest absolute Gasteiger partial charge is 0.251 e. The molecule has 3 aromatic rings. The number of aromatic nitrogens is 4. The highest BCUT2D eigenvalue weighted by Crippen LogP contribution is 2.24. The second kappa shape index (κ2) is 11.1. The van der Waals surface area contributed by atoms with Gasteiger partial charge in [-0.15, -0.1) is 5.10 Å². The summed E-state index contributed by atoms with van der Waals surface area (Å²) in [5.74, 6) is -0.108. The van der Waals surface area contributed by atoms with Crippen LogP contribution in [0.1, 0.15) is 34.8 Å². The number of carbonyl (C=O) groups excluding carboxylic acids is 2. The summed E-state index contributed by atoms with van der Waals surface area (Å²) in [5, 5.41) is 17.6. The van der Waals surface area contributed by atoms with Crippen molar-refractivity contribution >= 4 is 29.3 Å². The van der Waals surface area contributed by atoms with Crippen molar-refractivity contribution in [2.45, 2.75) is 24.0 Å². The molecular weight excluding hydrogens is 438 g/mol. The molecule has 1 unspecified atom stereocenters. The molecule has 1 aliphatic heterocycles. The number of carbonyl (C=O) groups is 2. The third kappa shape index (κ3) is 6.17. The molecular formula is C23H27N7O2S. The van der Waals surface area contributed by atoms with Crippen LogP contribution in [0.3, 0.4) is 0 Å². The Morgan fingerprint density at radius 3 is 2.45 bits per heavy atom. The number of likely N-dealkylation sites (tertiary alicyclic amines) is 1. The van der Waals surface area contributed by atoms with E-state index in [1.807, 2.05) is 18.2 Å². The van der Waals surface area contributed by atoms with E-state index in [9.17, 15) is 9.59 Å². The molecule has 0 bridgehead atoms. The van der Waals surface area contributed by atoms with E-state index in [4.69, 9.17) is 0 Å². The van der Waals surface area contributed by atoms with E-state index in [0.717, 1.165) is 13.1 Å². The van der Waals surface area contributed by atoms with E-state index in [0.29, 0.717) is 23.0 Å². The van der Waals surface area contributed by atoms with Crippen molar-refractivity contribution in [2.24, 2.45) is 7.05 Å². The molecule has 1 atom stereocenters. The van der Waals surface area contributed by atoms with Crippen molar-refractivity contribution in [3.05, 3.63) is 65.7 Å². The molecule has 9 nitrogen and oxygen atoms in total. The summed E-state index contributed by atoms with van der Waals surface area (Å²) < 4.78 is 1.51. The Kier molecular flexibility index (Phi) is 7.69. The summed E-state index contributed by atoms with van der Waals surface area (Å²) >= 11 is 1.25. The molecule has 1 fully saturated rings. The Hall–Kier alpha value is -3.24. The van der Waals surface area contributed by atoms with Crippen LogP contribution in [0.15, 0.2) is 59.8 Å². The van der Waals surface area contributed by atoms with E-state index < -0.39 is 0 Å². The zero-order chi connectivity index (χ0) is 23.0. The molecule has 2 heterocycles. The lowest BCUT2D eigenvalue weighted by molar-refractivity contribution is -0.113. The van der Waals surface area contributed by atoms with Gasteiger partial charge in [-0.05, 0) is 66.2 Å². The number of benzene rings is 2. The average molecular weight is 466 g/mol. The van der Waals surface area contributed by atoms with E-state index in [1.54, 1.807) is 31.3 Å². The summed E-state index contributed by atoms with van der Waals surface area (Å²) in [6, 6.07) is 17.4. The Balaban J connectivity index is 1.30. The maximum atomic E-state index is 12.8. The number of hydrogen-bond donors (Lipinski definition) is 2. The van der Waals surface area contributed by atoms with Crippen LogP contribution in [-0.4, -0.2) is 62.3 Å². The van der Waals surface area contributed by atoms with Crippen LogP contribution in [0.2, 0.25) is 0 Å². The van der Waals surface area contributed by atoms with E-state index in [-0.39, 0.29) is 23.6 Å². The average Bonchev–Trinajstić information content (AvgIpc) is 3.51. The molecule has 1 aliphatic rings. The summed E-state index contributed by atoms with van der Waals surface area (Å²) in [4.78, 5) is 27.4. The molecule has 4 rings (SSSR count). The summed E-state index contributed by atoms with van der Waals surface area (Å²) in [6.07, 6.45) is 2.39. The first-order valence-electron chi connectivity index (χ1n) is 10.9. The Labute approximate surface area is 196 Å². The molecule has 0 aliphatic carbocycles. The van der Waals surface area contributed by atoms with Gasteiger partial charge in [-0.2, -0.15) is 0 Å². The predicted molar refractivity (Wildman–Crippen MR) is 127 cm³/mol. The van der Waals surface area contributed by atoms with Gasteiger partial charge >= 0.3 is 0 Å². The van der Waals surface area contributed by atoms with E-state index in [2.05, 4.69) is 43.2 Å². The van der Waals surface area contributed by atoms with Crippen LogP contribution in [0.5, 0.6) is 0 Å². The Morgan fingerprint density at radius 1 is 1.06 bits per heavy atom. The molecule has 0 radical (unpaired) electrons. The van der Waals surface area contributed by atoms with Gasteiger partial charge in [0.15, 0.2) is 0 Å². The summed E-state index contributed by atoms with van der Waals surface area (Å²) in [6.45, 7) is 2.65. The minimum Gasteiger partial charge on any atom is -0.350 e. The van der Waals surface area contributed by atoms with Crippen molar-refractivity contribution in [1.29, 1.82) is 0 Å². The highest BCUT2D eigenvalue weighted by atomic mass is 32.2. The lowest BCUT2D eigenvalue weighted by atomic mass is 10.1. The fourth-order valence-electron chi connectivity index (χ4n) is 3.85. The Bertz CT molecular complexity index is 1070. The van der Waals surface area contributed by atoms with Crippen LogP contribution in [0, 0.1) is 0 Å². The minimum atomic E-state index is -0.170. The first-order valence-corrected chi connectivity index (χ1v) is 11.9. The first-order chi connectivity index (χ1) is 16.1. The monoisotopic (exact) mass is 465 g/mol. The molecule has 2 N–H and O–H groups in total. The highest BCUT2D eigenvalue weighted by molar-refractivity contribution is 7.99. The molecule has 33 heavy (non-hydrogen) atoms. The van der Waals surface area contributed by atoms with Gasteiger partial charge < -0.3 is 10.6 Å². The van der Waals surface area contributed by atoms with Crippen LogP contribution < -0.4 is 10.6 Å². The molecule has 172 valence electrons. The van der Waals surface area contributed by atoms with Crippen molar-refractivity contribution in [2.75, 3.05) is 30.7 Å². The summed E-state index contributed by atoms with van der Waals surface area (Å²) in [7, 11) is 1.72. The zero-order valence-corrected chi connectivity index (χ0v) is 19.3. The molecule has 1 saturated heterocycles. The molecule has 0 spiro atoms. The molecule has 10 heteroatoms. The SMILES string of the molecule is Cn1nnnc1SCC(=O)Nc1ccc(C(=O)NCC(c2ccccc2)N2CCCC2)cc1. The number of aryl methyl sites for hydroxylation is 1. The zero-order valence-electron chi connectivity index (χ0n) is 18.5. The number of hydrogen-bond acceptors (Lipinski definition) is 7. The van der Waals surface area contributed by atoms with Gasteiger partial charge in [-0.1, -0.05) is 42.1 Å². The normalized spacial score (nSPS) is 14.7. The largest absolute Gasteiger partial charge is 0.350 e. The number of tetrazole rings is 1.